The van der Waals surface area contributed by atoms with E-state index in [0.29, 0.717) is 5.41 Å². The van der Waals surface area contributed by atoms with Gasteiger partial charge in [0.15, 0.2) is 0 Å². The van der Waals surface area contributed by atoms with Crippen molar-refractivity contribution in [3.8, 4) is 0 Å². The minimum atomic E-state index is 0.555. The first-order chi connectivity index (χ1) is 10.7. The third kappa shape index (κ3) is 2.73. The van der Waals surface area contributed by atoms with E-state index in [1.54, 1.807) is 0 Å². The van der Waals surface area contributed by atoms with E-state index in [4.69, 9.17) is 16.6 Å². The molecule has 2 aliphatic rings. The fraction of sp³-hybridized carbons (Fsp3) is 0.500. The van der Waals surface area contributed by atoms with Crippen LogP contribution in [0.5, 0.6) is 0 Å². The molecule has 1 N–H and O–H groups in total. The summed E-state index contributed by atoms with van der Waals surface area (Å²) in [4.78, 5) is 7.35. The maximum Gasteiger partial charge on any atom is 0.0891 e. The van der Waals surface area contributed by atoms with Crippen LogP contribution >= 0.6 is 11.6 Å². The van der Waals surface area contributed by atoms with Gasteiger partial charge in [-0.2, -0.15) is 0 Å². The highest BCUT2D eigenvalue weighted by Crippen LogP contribution is 2.39. The number of piperidine rings is 1. The highest BCUT2D eigenvalue weighted by Gasteiger charge is 2.38. The predicted octanol–water partition coefficient (Wildman–Crippen LogP) is 3.46. The Labute approximate surface area is 136 Å². The number of likely N-dealkylation sites (tertiary alicyclic amines) is 1. The van der Waals surface area contributed by atoms with Crippen molar-refractivity contribution in [3.63, 3.8) is 0 Å². The maximum absolute atomic E-state index is 6.28. The average molecular weight is 316 g/mol. The smallest absolute Gasteiger partial charge is 0.0891 e. The molecule has 0 unspecified atom stereocenters. The standard InChI is InChI=1S/C18H22ClN3/c19-16-3-1-2-14-4-5-15(21-17(14)16)12-22-11-8-18(13-22)6-9-20-10-7-18/h1-5,20H,6-13H2. The molecule has 2 aliphatic heterocycles. The minimum absolute atomic E-state index is 0.555. The molecule has 22 heavy (non-hydrogen) atoms. The van der Waals surface area contributed by atoms with Gasteiger partial charge in [-0.3, -0.25) is 4.90 Å². The first-order valence-corrected chi connectivity index (χ1v) is 8.59. The van der Waals surface area contributed by atoms with Gasteiger partial charge in [0.25, 0.3) is 0 Å². The highest BCUT2D eigenvalue weighted by molar-refractivity contribution is 6.35. The molecule has 2 aromatic rings. The number of nitrogens with zero attached hydrogens (tertiary/aromatic N) is 2. The second-order valence-corrected chi connectivity index (χ2v) is 7.23. The molecule has 0 aliphatic carbocycles. The molecule has 1 spiro atoms. The summed E-state index contributed by atoms with van der Waals surface area (Å²) in [5, 5.41) is 5.35. The monoisotopic (exact) mass is 315 g/mol. The van der Waals surface area contributed by atoms with E-state index < -0.39 is 0 Å². The number of para-hydroxylation sites is 1. The zero-order valence-electron chi connectivity index (χ0n) is 12.8. The van der Waals surface area contributed by atoms with Gasteiger partial charge in [0.1, 0.15) is 0 Å². The van der Waals surface area contributed by atoms with Gasteiger partial charge in [0.2, 0.25) is 0 Å². The Hall–Kier alpha value is -1.16. The highest BCUT2D eigenvalue weighted by atomic mass is 35.5. The number of hydrogen-bond acceptors (Lipinski definition) is 3. The van der Waals surface area contributed by atoms with Crippen molar-refractivity contribution >= 4 is 22.5 Å². The SMILES string of the molecule is Clc1cccc2ccc(CN3CCC4(CCNCC4)C3)nc12. The fourth-order valence-electron chi connectivity index (χ4n) is 4.00. The van der Waals surface area contributed by atoms with Crippen molar-refractivity contribution in [2.75, 3.05) is 26.2 Å². The lowest BCUT2D eigenvalue weighted by Gasteiger charge is -2.33. The Bertz CT molecular complexity index is 679. The van der Waals surface area contributed by atoms with E-state index in [1.807, 2.05) is 12.1 Å². The number of nitrogens with one attached hydrogen (secondary N) is 1. The fourth-order valence-corrected chi connectivity index (χ4v) is 4.22. The number of benzene rings is 1. The Kier molecular flexibility index (Phi) is 3.81. The Balaban J connectivity index is 1.51. The van der Waals surface area contributed by atoms with Crippen LogP contribution in [0.25, 0.3) is 10.9 Å². The number of halogens is 1. The van der Waals surface area contributed by atoms with Gasteiger partial charge in [-0.05, 0) is 56.4 Å². The van der Waals surface area contributed by atoms with E-state index >= 15 is 0 Å². The summed E-state index contributed by atoms with van der Waals surface area (Å²) in [6.45, 7) is 5.71. The zero-order chi connectivity index (χ0) is 15.0. The van der Waals surface area contributed by atoms with Gasteiger partial charge in [-0.15, -0.1) is 0 Å². The molecule has 116 valence electrons. The molecule has 0 atom stereocenters. The summed E-state index contributed by atoms with van der Waals surface area (Å²) in [5.41, 5.74) is 2.61. The Morgan fingerprint density at radius 3 is 2.86 bits per heavy atom. The van der Waals surface area contributed by atoms with Gasteiger partial charge < -0.3 is 5.32 Å². The van der Waals surface area contributed by atoms with Crippen LogP contribution in [0, 0.1) is 5.41 Å². The largest absolute Gasteiger partial charge is 0.317 e. The van der Waals surface area contributed by atoms with Crippen molar-refractivity contribution in [3.05, 3.63) is 41.0 Å². The van der Waals surface area contributed by atoms with E-state index in [0.717, 1.165) is 28.2 Å². The normalized spacial score (nSPS) is 21.7. The lowest BCUT2D eigenvalue weighted by Crippen LogP contribution is -2.38. The second-order valence-electron chi connectivity index (χ2n) is 6.82. The molecule has 1 aromatic carbocycles. The van der Waals surface area contributed by atoms with Crippen LogP contribution in [0.1, 0.15) is 25.0 Å². The minimum Gasteiger partial charge on any atom is -0.317 e. The molecule has 2 saturated heterocycles. The summed E-state index contributed by atoms with van der Waals surface area (Å²) >= 11 is 6.28. The van der Waals surface area contributed by atoms with Gasteiger partial charge in [0.05, 0.1) is 16.2 Å². The summed E-state index contributed by atoms with van der Waals surface area (Å²) < 4.78 is 0. The topological polar surface area (TPSA) is 28.2 Å². The van der Waals surface area contributed by atoms with E-state index in [1.165, 1.54) is 45.4 Å². The molecule has 0 bridgehead atoms. The first-order valence-electron chi connectivity index (χ1n) is 8.21. The first kappa shape index (κ1) is 14.4. The van der Waals surface area contributed by atoms with Crippen LogP contribution in [-0.2, 0) is 6.54 Å². The summed E-state index contributed by atoms with van der Waals surface area (Å²) in [6, 6.07) is 10.2. The average Bonchev–Trinajstić information content (AvgIpc) is 2.91. The quantitative estimate of drug-likeness (QED) is 0.920. The molecule has 3 nitrogen and oxygen atoms in total. The molecule has 0 radical (unpaired) electrons. The third-order valence-electron chi connectivity index (χ3n) is 5.30. The van der Waals surface area contributed by atoms with Gasteiger partial charge >= 0.3 is 0 Å². The van der Waals surface area contributed by atoms with Gasteiger partial charge in [0, 0.05) is 18.5 Å². The van der Waals surface area contributed by atoms with Crippen molar-refractivity contribution in [2.24, 2.45) is 5.41 Å². The van der Waals surface area contributed by atoms with Crippen molar-refractivity contribution in [1.29, 1.82) is 0 Å². The summed E-state index contributed by atoms with van der Waals surface area (Å²) in [5.74, 6) is 0. The number of rotatable bonds is 2. The maximum atomic E-state index is 6.28. The molecule has 1 aromatic heterocycles. The number of pyridine rings is 1. The molecule has 0 saturated carbocycles. The second kappa shape index (κ2) is 5.80. The molecule has 2 fully saturated rings. The molecule has 4 rings (SSSR count). The Morgan fingerprint density at radius 2 is 2.00 bits per heavy atom. The lowest BCUT2D eigenvalue weighted by molar-refractivity contribution is 0.193. The van der Waals surface area contributed by atoms with Crippen LogP contribution in [0.3, 0.4) is 0 Å². The lowest BCUT2D eigenvalue weighted by atomic mass is 9.78. The molecule has 0 amide bonds. The van der Waals surface area contributed by atoms with Crippen LogP contribution < -0.4 is 5.32 Å². The van der Waals surface area contributed by atoms with Crippen LogP contribution in [0.15, 0.2) is 30.3 Å². The number of hydrogen-bond donors (Lipinski definition) is 1. The molecule has 3 heterocycles. The van der Waals surface area contributed by atoms with E-state index in [-0.39, 0.29) is 0 Å². The van der Waals surface area contributed by atoms with Gasteiger partial charge in [-0.25, -0.2) is 4.98 Å². The summed E-state index contributed by atoms with van der Waals surface area (Å²) in [6.07, 6.45) is 3.98. The van der Waals surface area contributed by atoms with Crippen molar-refractivity contribution in [2.45, 2.75) is 25.8 Å². The van der Waals surface area contributed by atoms with Gasteiger partial charge in [-0.1, -0.05) is 29.8 Å². The predicted molar refractivity (Wildman–Crippen MR) is 91.2 cm³/mol. The van der Waals surface area contributed by atoms with E-state index in [9.17, 15) is 0 Å². The van der Waals surface area contributed by atoms with Crippen LogP contribution in [-0.4, -0.2) is 36.1 Å². The Morgan fingerprint density at radius 1 is 1.14 bits per heavy atom. The molecular weight excluding hydrogens is 294 g/mol. The number of aromatic nitrogens is 1. The molecule has 4 heteroatoms. The van der Waals surface area contributed by atoms with E-state index in [2.05, 4.69) is 28.4 Å². The van der Waals surface area contributed by atoms with Crippen LogP contribution in [0.4, 0.5) is 0 Å². The number of fused-ring (bicyclic) bond motifs is 1. The summed E-state index contributed by atoms with van der Waals surface area (Å²) in [7, 11) is 0. The van der Waals surface area contributed by atoms with Crippen LogP contribution in [0.2, 0.25) is 5.02 Å². The van der Waals surface area contributed by atoms with Crippen molar-refractivity contribution in [1.82, 2.24) is 15.2 Å². The molecular formula is C18H22ClN3. The zero-order valence-corrected chi connectivity index (χ0v) is 13.6. The van der Waals surface area contributed by atoms with Crippen molar-refractivity contribution < 1.29 is 0 Å². The third-order valence-corrected chi connectivity index (χ3v) is 5.60.